The maximum absolute atomic E-state index is 13.6. The molecule has 30 heavy (non-hydrogen) atoms. The largest absolute Gasteiger partial charge is 0.497 e. The lowest BCUT2D eigenvalue weighted by molar-refractivity contribution is 0.0816. The lowest BCUT2D eigenvalue weighted by atomic mass is 9.75. The molecular formula is C26H26O4. The van der Waals surface area contributed by atoms with Crippen LogP contribution in [-0.4, -0.2) is 25.8 Å². The molecule has 0 saturated carbocycles. The third-order valence-electron chi connectivity index (χ3n) is 5.37. The van der Waals surface area contributed by atoms with Crippen molar-refractivity contribution in [3.63, 3.8) is 0 Å². The van der Waals surface area contributed by atoms with Crippen molar-refractivity contribution in [2.75, 3.05) is 14.2 Å². The first-order valence-electron chi connectivity index (χ1n) is 10.0. The molecule has 0 radical (unpaired) electrons. The minimum absolute atomic E-state index is 0.0271. The Labute approximate surface area is 177 Å². The van der Waals surface area contributed by atoms with Crippen molar-refractivity contribution in [2.45, 2.75) is 19.3 Å². The van der Waals surface area contributed by atoms with Crippen LogP contribution in [0.4, 0.5) is 0 Å². The molecular weight excluding hydrogens is 376 g/mol. The molecule has 0 aliphatic heterocycles. The van der Waals surface area contributed by atoms with Gasteiger partial charge in [-0.1, -0.05) is 49.4 Å². The van der Waals surface area contributed by atoms with Crippen molar-refractivity contribution in [3.05, 3.63) is 95.6 Å². The first kappa shape index (κ1) is 21.3. The smallest absolute Gasteiger partial charge is 0.171 e. The lowest BCUT2D eigenvalue weighted by Crippen LogP contribution is -2.28. The van der Waals surface area contributed by atoms with E-state index in [1.54, 1.807) is 50.6 Å². The predicted molar refractivity (Wildman–Crippen MR) is 118 cm³/mol. The maximum Gasteiger partial charge on any atom is 0.171 e. The number of hydrogen-bond acceptors (Lipinski definition) is 4. The fourth-order valence-corrected chi connectivity index (χ4v) is 3.70. The van der Waals surface area contributed by atoms with Crippen molar-refractivity contribution < 1.29 is 19.1 Å². The van der Waals surface area contributed by atoms with Crippen LogP contribution in [0.1, 0.15) is 45.5 Å². The van der Waals surface area contributed by atoms with Gasteiger partial charge in [0.15, 0.2) is 11.6 Å². The van der Waals surface area contributed by atoms with Gasteiger partial charge in [0.25, 0.3) is 0 Å². The van der Waals surface area contributed by atoms with Crippen LogP contribution >= 0.6 is 0 Å². The van der Waals surface area contributed by atoms with Crippen LogP contribution in [0.5, 0.6) is 11.5 Å². The molecule has 4 nitrogen and oxygen atoms in total. The summed E-state index contributed by atoms with van der Waals surface area (Å²) in [6.45, 7) is 1.95. The molecule has 0 bridgehead atoms. The number of rotatable bonds is 9. The normalized spacial score (nSPS) is 12.6. The molecule has 0 N–H and O–H groups in total. The highest BCUT2D eigenvalue weighted by molar-refractivity contribution is 6.07. The van der Waals surface area contributed by atoms with Crippen LogP contribution in [0.3, 0.4) is 0 Å². The van der Waals surface area contributed by atoms with Gasteiger partial charge in [-0.15, -0.1) is 0 Å². The minimum atomic E-state index is -0.595. The van der Waals surface area contributed by atoms with E-state index >= 15 is 0 Å². The molecule has 0 spiro atoms. The highest BCUT2D eigenvalue weighted by Crippen LogP contribution is 2.34. The van der Waals surface area contributed by atoms with Crippen LogP contribution in [-0.2, 0) is 0 Å². The van der Waals surface area contributed by atoms with Gasteiger partial charge in [-0.25, -0.2) is 0 Å². The average Bonchev–Trinajstić information content (AvgIpc) is 2.82. The molecule has 0 aromatic heterocycles. The molecule has 0 fully saturated rings. The van der Waals surface area contributed by atoms with Crippen LogP contribution < -0.4 is 9.47 Å². The lowest BCUT2D eigenvalue weighted by Gasteiger charge is -2.25. The highest BCUT2D eigenvalue weighted by Gasteiger charge is 2.34. The molecule has 0 amide bonds. The first-order chi connectivity index (χ1) is 14.6. The second-order valence-electron chi connectivity index (χ2n) is 7.09. The van der Waals surface area contributed by atoms with E-state index in [1.807, 2.05) is 49.4 Å². The maximum atomic E-state index is 13.6. The molecule has 3 rings (SSSR count). The zero-order chi connectivity index (χ0) is 21.5. The minimum Gasteiger partial charge on any atom is -0.497 e. The van der Waals surface area contributed by atoms with Gasteiger partial charge in [0.2, 0.25) is 0 Å². The number of ketones is 2. The highest BCUT2D eigenvalue weighted by atomic mass is 16.5. The zero-order valence-electron chi connectivity index (χ0n) is 17.5. The second kappa shape index (κ2) is 9.88. The Morgan fingerprint density at radius 3 is 1.70 bits per heavy atom. The Morgan fingerprint density at radius 1 is 0.700 bits per heavy atom. The zero-order valence-corrected chi connectivity index (χ0v) is 17.5. The topological polar surface area (TPSA) is 52.6 Å². The van der Waals surface area contributed by atoms with E-state index in [0.29, 0.717) is 29.0 Å². The standard InChI is InChI=1S/C26H26O4/c1-4-23(25(27)19-8-6-5-7-9-19)24(18-10-14-21(29-2)15-11-18)26(28)20-12-16-22(30-3)17-13-20/h5-17,23-24H,4H2,1-3H3. The summed E-state index contributed by atoms with van der Waals surface area (Å²) in [6, 6.07) is 23.6. The van der Waals surface area contributed by atoms with E-state index in [1.165, 1.54) is 0 Å². The van der Waals surface area contributed by atoms with E-state index in [4.69, 9.17) is 9.47 Å². The third kappa shape index (κ3) is 4.60. The van der Waals surface area contributed by atoms with Crippen LogP contribution in [0, 0.1) is 5.92 Å². The summed E-state index contributed by atoms with van der Waals surface area (Å²) in [5.41, 5.74) is 1.97. The average molecular weight is 402 g/mol. The van der Waals surface area contributed by atoms with Crippen molar-refractivity contribution in [1.82, 2.24) is 0 Å². The quantitative estimate of drug-likeness (QED) is 0.439. The van der Waals surface area contributed by atoms with E-state index in [-0.39, 0.29) is 11.6 Å². The Hall–Kier alpha value is -3.40. The van der Waals surface area contributed by atoms with Gasteiger partial charge in [-0.05, 0) is 48.4 Å². The molecule has 2 atom stereocenters. The molecule has 0 aliphatic rings. The van der Waals surface area contributed by atoms with Crippen molar-refractivity contribution >= 4 is 11.6 Å². The molecule has 0 aliphatic carbocycles. The van der Waals surface area contributed by atoms with Gasteiger partial charge >= 0.3 is 0 Å². The SMILES string of the molecule is CCC(C(=O)c1ccccc1)C(C(=O)c1ccc(OC)cc1)c1ccc(OC)cc1. The Kier molecular flexibility index (Phi) is 7.02. The number of Topliss-reactive ketones (excluding diaryl/α,β-unsaturated/α-hetero) is 2. The summed E-state index contributed by atoms with van der Waals surface area (Å²) >= 11 is 0. The van der Waals surface area contributed by atoms with Crippen molar-refractivity contribution in [3.8, 4) is 11.5 Å². The monoisotopic (exact) mass is 402 g/mol. The summed E-state index contributed by atoms with van der Waals surface area (Å²) in [4.78, 5) is 27.0. The molecule has 154 valence electrons. The van der Waals surface area contributed by atoms with Gasteiger partial charge < -0.3 is 9.47 Å². The van der Waals surface area contributed by atoms with Crippen molar-refractivity contribution in [1.29, 1.82) is 0 Å². The summed E-state index contributed by atoms with van der Waals surface area (Å²) in [7, 11) is 3.19. The summed E-state index contributed by atoms with van der Waals surface area (Å²) in [5, 5.41) is 0. The summed E-state index contributed by atoms with van der Waals surface area (Å²) in [5.74, 6) is 0.203. The van der Waals surface area contributed by atoms with Gasteiger partial charge in [-0.3, -0.25) is 9.59 Å². The van der Waals surface area contributed by atoms with Crippen LogP contribution in [0.2, 0.25) is 0 Å². The number of hydrogen-bond donors (Lipinski definition) is 0. The number of ether oxygens (including phenoxy) is 2. The van der Waals surface area contributed by atoms with E-state index < -0.39 is 11.8 Å². The summed E-state index contributed by atoms with van der Waals surface area (Å²) < 4.78 is 10.5. The van der Waals surface area contributed by atoms with E-state index in [9.17, 15) is 9.59 Å². The first-order valence-corrected chi connectivity index (χ1v) is 10.0. The van der Waals surface area contributed by atoms with Gasteiger partial charge in [0, 0.05) is 17.0 Å². The van der Waals surface area contributed by atoms with E-state index in [0.717, 1.165) is 5.56 Å². The number of carbonyl (C=O) groups excluding carboxylic acids is 2. The number of benzene rings is 3. The van der Waals surface area contributed by atoms with Crippen LogP contribution in [0.25, 0.3) is 0 Å². The van der Waals surface area contributed by atoms with Crippen LogP contribution in [0.15, 0.2) is 78.9 Å². The predicted octanol–water partition coefficient (Wildman–Crippen LogP) is 5.58. The fourth-order valence-electron chi connectivity index (χ4n) is 3.70. The van der Waals surface area contributed by atoms with E-state index in [2.05, 4.69) is 0 Å². The molecule has 2 unspecified atom stereocenters. The fraction of sp³-hybridized carbons (Fsp3) is 0.231. The number of methoxy groups -OCH3 is 2. The van der Waals surface area contributed by atoms with Crippen molar-refractivity contribution in [2.24, 2.45) is 5.92 Å². The Morgan fingerprint density at radius 2 is 1.20 bits per heavy atom. The molecule has 3 aromatic carbocycles. The molecule has 3 aromatic rings. The Balaban J connectivity index is 2.04. The Bertz CT molecular complexity index is 976. The summed E-state index contributed by atoms with van der Waals surface area (Å²) in [6.07, 6.45) is 0.548. The number of carbonyl (C=O) groups is 2. The molecule has 4 heteroatoms. The molecule has 0 heterocycles. The molecule has 0 saturated heterocycles. The third-order valence-corrected chi connectivity index (χ3v) is 5.37. The van der Waals surface area contributed by atoms with Gasteiger partial charge in [0.1, 0.15) is 11.5 Å². The second-order valence-corrected chi connectivity index (χ2v) is 7.09. The van der Waals surface area contributed by atoms with Gasteiger partial charge in [0.05, 0.1) is 20.1 Å². The van der Waals surface area contributed by atoms with Gasteiger partial charge in [-0.2, -0.15) is 0 Å².